The lowest BCUT2D eigenvalue weighted by Gasteiger charge is -2.12. The molecule has 18 heavy (non-hydrogen) atoms. The van der Waals surface area contributed by atoms with Crippen molar-refractivity contribution in [2.75, 3.05) is 14.2 Å². The van der Waals surface area contributed by atoms with E-state index in [1.54, 1.807) is 26.4 Å². The molecule has 0 unspecified atom stereocenters. The van der Waals surface area contributed by atoms with E-state index in [2.05, 4.69) is 4.98 Å². The Morgan fingerprint density at radius 1 is 1.00 bits per heavy atom. The van der Waals surface area contributed by atoms with Gasteiger partial charge in [0, 0.05) is 0 Å². The fourth-order valence-electron chi connectivity index (χ4n) is 1.76. The van der Waals surface area contributed by atoms with Gasteiger partial charge in [0.2, 0.25) is 0 Å². The van der Waals surface area contributed by atoms with Gasteiger partial charge in [0.15, 0.2) is 6.29 Å². The van der Waals surface area contributed by atoms with E-state index in [9.17, 15) is 4.79 Å². The van der Waals surface area contributed by atoms with Crippen LogP contribution in [0.2, 0.25) is 0 Å². The lowest BCUT2D eigenvalue weighted by molar-refractivity contribution is 0.111. The fourth-order valence-corrected chi connectivity index (χ4v) is 1.76. The Kier molecular flexibility index (Phi) is 3.57. The van der Waals surface area contributed by atoms with Crippen molar-refractivity contribution >= 4 is 6.29 Å². The van der Waals surface area contributed by atoms with Crippen LogP contribution in [0, 0.1) is 0 Å². The number of aromatic nitrogens is 1. The third-order valence-electron chi connectivity index (χ3n) is 2.58. The van der Waals surface area contributed by atoms with E-state index < -0.39 is 0 Å². The van der Waals surface area contributed by atoms with E-state index in [-0.39, 0.29) is 0 Å². The molecule has 0 bridgehead atoms. The molecule has 2 rings (SSSR count). The average molecular weight is 243 g/mol. The predicted molar refractivity (Wildman–Crippen MR) is 68.2 cm³/mol. The number of nitrogens with zero attached hydrogens (tertiary/aromatic N) is 1. The van der Waals surface area contributed by atoms with Crippen molar-refractivity contribution in [1.82, 2.24) is 4.98 Å². The molecule has 0 N–H and O–H groups in total. The van der Waals surface area contributed by atoms with Gasteiger partial charge in [-0.3, -0.25) is 4.79 Å². The minimum atomic E-state index is 0.375. The Balaban J connectivity index is 2.64. The molecule has 1 aromatic carbocycles. The molecule has 0 aliphatic carbocycles. The van der Waals surface area contributed by atoms with Crippen LogP contribution in [-0.2, 0) is 0 Å². The number of ether oxygens (including phenoxy) is 2. The van der Waals surface area contributed by atoms with Crippen LogP contribution in [0.25, 0.3) is 11.3 Å². The normalized spacial score (nSPS) is 9.89. The summed E-state index contributed by atoms with van der Waals surface area (Å²) in [6, 6.07) is 10.7. The molecule has 0 aliphatic heterocycles. The molecule has 1 aromatic heterocycles. The number of carbonyl (C=O) groups excluding carboxylic acids is 1. The van der Waals surface area contributed by atoms with Crippen molar-refractivity contribution < 1.29 is 14.3 Å². The highest BCUT2D eigenvalue weighted by Crippen LogP contribution is 2.36. The fraction of sp³-hybridized carbons (Fsp3) is 0.143. The van der Waals surface area contributed by atoms with Gasteiger partial charge < -0.3 is 9.47 Å². The van der Waals surface area contributed by atoms with Gasteiger partial charge in [-0.2, -0.15) is 0 Å². The first-order chi connectivity index (χ1) is 8.80. The number of pyridine rings is 1. The summed E-state index contributed by atoms with van der Waals surface area (Å²) in [5.74, 6) is 1.31. The van der Waals surface area contributed by atoms with Crippen LogP contribution in [0.1, 0.15) is 10.5 Å². The topological polar surface area (TPSA) is 48.4 Å². The molecule has 92 valence electrons. The maximum Gasteiger partial charge on any atom is 0.168 e. The monoisotopic (exact) mass is 243 g/mol. The van der Waals surface area contributed by atoms with E-state index in [4.69, 9.17) is 9.47 Å². The summed E-state index contributed by atoms with van der Waals surface area (Å²) in [5.41, 5.74) is 1.76. The number of benzene rings is 1. The summed E-state index contributed by atoms with van der Waals surface area (Å²) >= 11 is 0. The molecule has 0 radical (unpaired) electrons. The van der Waals surface area contributed by atoms with Gasteiger partial charge >= 0.3 is 0 Å². The lowest BCUT2D eigenvalue weighted by atomic mass is 10.1. The van der Waals surface area contributed by atoms with Gasteiger partial charge in [0.25, 0.3) is 0 Å². The van der Waals surface area contributed by atoms with Crippen LogP contribution in [0.4, 0.5) is 0 Å². The van der Waals surface area contributed by atoms with Crippen LogP contribution < -0.4 is 9.47 Å². The smallest absolute Gasteiger partial charge is 0.168 e. The number of methoxy groups -OCH3 is 2. The molecular weight excluding hydrogens is 230 g/mol. The standard InChI is InChI=1S/C14H13NO3/c1-17-12-7-4-8-13(18-2)14(12)11-6-3-5-10(9-16)15-11/h3-9H,1-2H3. The highest BCUT2D eigenvalue weighted by molar-refractivity contribution is 5.78. The van der Waals surface area contributed by atoms with E-state index in [1.165, 1.54) is 0 Å². The Morgan fingerprint density at radius 3 is 2.17 bits per heavy atom. The number of rotatable bonds is 4. The van der Waals surface area contributed by atoms with Gasteiger partial charge in [-0.1, -0.05) is 12.1 Å². The molecule has 0 spiro atoms. The van der Waals surface area contributed by atoms with Gasteiger partial charge in [0.05, 0.1) is 25.5 Å². The number of hydrogen-bond acceptors (Lipinski definition) is 4. The number of carbonyl (C=O) groups is 1. The maximum atomic E-state index is 10.8. The minimum absolute atomic E-state index is 0.375. The summed E-state index contributed by atoms with van der Waals surface area (Å²) in [6.07, 6.45) is 0.714. The molecule has 0 atom stereocenters. The second-order valence-corrected chi connectivity index (χ2v) is 3.60. The molecule has 0 amide bonds. The third-order valence-corrected chi connectivity index (χ3v) is 2.58. The second kappa shape index (κ2) is 5.31. The minimum Gasteiger partial charge on any atom is -0.496 e. The highest BCUT2D eigenvalue weighted by Gasteiger charge is 2.13. The Labute approximate surface area is 105 Å². The van der Waals surface area contributed by atoms with Crippen LogP contribution in [-0.4, -0.2) is 25.5 Å². The zero-order chi connectivity index (χ0) is 13.0. The van der Waals surface area contributed by atoms with Crippen molar-refractivity contribution in [1.29, 1.82) is 0 Å². The van der Waals surface area contributed by atoms with Gasteiger partial charge in [-0.05, 0) is 24.3 Å². The summed E-state index contributed by atoms with van der Waals surface area (Å²) < 4.78 is 10.6. The third kappa shape index (κ3) is 2.18. The van der Waals surface area contributed by atoms with Crippen molar-refractivity contribution in [3.05, 3.63) is 42.1 Å². The Morgan fingerprint density at radius 2 is 1.61 bits per heavy atom. The first-order valence-corrected chi connectivity index (χ1v) is 5.43. The molecule has 0 saturated heterocycles. The van der Waals surface area contributed by atoms with Crippen molar-refractivity contribution in [3.63, 3.8) is 0 Å². The quantitative estimate of drug-likeness (QED) is 0.774. The summed E-state index contributed by atoms with van der Waals surface area (Å²) in [5, 5.41) is 0. The van der Waals surface area contributed by atoms with Crippen molar-refractivity contribution in [3.8, 4) is 22.8 Å². The Bertz CT molecular complexity index is 544. The summed E-state index contributed by atoms with van der Waals surface area (Å²) in [7, 11) is 3.17. The van der Waals surface area contributed by atoms with E-state index >= 15 is 0 Å². The molecule has 2 aromatic rings. The lowest BCUT2D eigenvalue weighted by Crippen LogP contribution is -1.96. The largest absolute Gasteiger partial charge is 0.496 e. The highest BCUT2D eigenvalue weighted by atomic mass is 16.5. The van der Waals surface area contributed by atoms with E-state index in [1.807, 2.05) is 24.3 Å². The van der Waals surface area contributed by atoms with Gasteiger partial charge in [-0.25, -0.2) is 4.98 Å². The van der Waals surface area contributed by atoms with Crippen molar-refractivity contribution in [2.24, 2.45) is 0 Å². The summed E-state index contributed by atoms with van der Waals surface area (Å²) in [4.78, 5) is 15.0. The average Bonchev–Trinajstić information content (AvgIpc) is 2.46. The van der Waals surface area contributed by atoms with Crippen LogP contribution in [0.15, 0.2) is 36.4 Å². The van der Waals surface area contributed by atoms with Gasteiger partial charge in [0.1, 0.15) is 17.2 Å². The zero-order valence-electron chi connectivity index (χ0n) is 10.2. The maximum absolute atomic E-state index is 10.8. The number of aldehydes is 1. The molecular formula is C14H13NO3. The van der Waals surface area contributed by atoms with Crippen LogP contribution >= 0.6 is 0 Å². The van der Waals surface area contributed by atoms with Gasteiger partial charge in [-0.15, -0.1) is 0 Å². The van der Waals surface area contributed by atoms with E-state index in [0.717, 1.165) is 5.56 Å². The van der Waals surface area contributed by atoms with Crippen LogP contribution in [0.5, 0.6) is 11.5 Å². The molecule has 0 saturated carbocycles. The summed E-state index contributed by atoms with van der Waals surface area (Å²) in [6.45, 7) is 0. The first-order valence-electron chi connectivity index (χ1n) is 5.43. The second-order valence-electron chi connectivity index (χ2n) is 3.60. The molecule has 1 heterocycles. The van der Waals surface area contributed by atoms with Crippen molar-refractivity contribution in [2.45, 2.75) is 0 Å². The SMILES string of the molecule is COc1cccc(OC)c1-c1cccc(C=O)n1. The first kappa shape index (κ1) is 12.1. The van der Waals surface area contributed by atoms with Crippen LogP contribution in [0.3, 0.4) is 0 Å². The molecule has 4 heteroatoms. The number of hydrogen-bond donors (Lipinski definition) is 0. The molecule has 0 fully saturated rings. The van der Waals surface area contributed by atoms with E-state index in [0.29, 0.717) is 29.2 Å². The zero-order valence-corrected chi connectivity index (χ0v) is 10.2. The molecule has 0 aliphatic rings. The Hall–Kier alpha value is -2.36. The molecule has 4 nitrogen and oxygen atoms in total. The predicted octanol–water partition coefficient (Wildman–Crippen LogP) is 2.58.